The first-order valence-corrected chi connectivity index (χ1v) is 9.67. The fourth-order valence-corrected chi connectivity index (χ4v) is 3.35. The summed E-state index contributed by atoms with van der Waals surface area (Å²) in [5, 5.41) is 8.71. The Hall–Kier alpha value is -2.97. The van der Waals surface area contributed by atoms with Crippen molar-refractivity contribution in [1.82, 2.24) is 15.3 Å². The van der Waals surface area contributed by atoms with E-state index in [2.05, 4.69) is 25.9 Å². The van der Waals surface area contributed by atoms with Gasteiger partial charge in [0, 0.05) is 44.6 Å². The molecule has 156 valence electrons. The lowest BCUT2D eigenvalue weighted by Crippen LogP contribution is -2.36. The zero-order valence-corrected chi connectivity index (χ0v) is 16.6. The van der Waals surface area contributed by atoms with E-state index in [-0.39, 0.29) is 5.69 Å². The highest BCUT2D eigenvalue weighted by atomic mass is 19.2. The van der Waals surface area contributed by atoms with Crippen LogP contribution in [0, 0.1) is 17.6 Å². The molecule has 0 aliphatic heterocycles. The number of benzene rings is 1. The molecule has 0 bridgehead atoms. The molecule has 1 fully saturated rings. The van der Waals surface area contributed by atoms with Crippen molar-refractivity contribution < 1.29 is 13.6 Å². The summed E-state index contributed by atoms with van der Waals surface area (Å²) in [7, 11) is 3.88. The third kappa shape index (κ3) is 6.00. The summed E-state index contributed by atoms with van der Waals surface area (Å²) in [5.41, 5.74) is 0.217. The number of rotatable bonds is 6. The summed E-state index contributed by atoms with van der Waals surface area (Å²) >= 11 is 0. The Balaban J connectivity index is 1.40. The number of halogens is 2. The SMILES string of the molecule is CN(C)c1ccnc(NC2CCC(CNC(=O)Nc3ccc(F)c(F)c3)CC2)n1. The lowest BCUT2D eigenvalue weighted by molar-refractivity contribution is 0.246. The molecule has 0 spiro atoms. The van der Waals surface area contributed by atoms with Crippen LogP contribution in [0.2, 0.25) is 0 Å². The minimum atomic E-state index is -0.992. The fraction of sp³-hybridized carbons (Fsp3) is 0.450. The molecule has 0 saturated heterocycles. The molecule has 0 radical (unpaired) electrons. The number of carbonyl (C=O) groups is 1. The van der Waals surface area contributed by atoms with E-state index in [0.29, 0.717) is 24.5 Å². The van der Waals surface area contributed by atoms with E-state index < -0.39 is 17.7 Å². The first-order chi connectivity index (χ1) is 13.9. The first-order valence-electron chi connectivity index (χ1n) is 9.67. The van der Waals surface area contributed by atoms with Gasteiger partial charge in [0.1, 0.15) is 5.82 Å². The van der Waals surface area contributed by atoms with Crippen LogP contribution in [0.15, 0.2) is 30.5 Å². The molecule has 1 aliphatic rings. The predicted octanol–water partition coefficient (Wildman–Crippen LogP) is 3.61. The van der Waals surface area contributed by atoms with E-state index in [1.54, 1.807) is 6.20 Å². The molecule has 0 atom stereocenters. The van der Waals surface area contributed by atoms with Crippen LogP contribution in [0.1, 0.15) is 25.7 Å². The van der Waals surface area contributed by atoms with Crippen LogP contribution < -0.4 is 20.9 Å². The first kappa shape index (κ1) is 20.8. The number of amides is 2. The summed E-state index contributed by atoms with van der Waals surface area (Å²) in [6, 6.07) is 5.00. The highest BCUT2D eigenvalue weighted by Crippen LogP contribution is 2.26. The number of anilines is 3. The third-order valence-corrected chi connectivity index (χ3v) is 5.01. The van der Waals surface area contributed by atoms with Gasteiger partial charge in [-0.15, -0.1) is 0 Å². The smallest absolute Gasteiger partial charge is 0.319 e. The zero-order chi connectivity index (χ0) is 20.8. The van der Waals surface area contributed by atoms with Gasteiger partial charge in [0.05, 0.1) is 0 Å². The van der Waals surface area contributed by atoms with Crippen molar-refractivity contribution in [2.24, 2.45) is 5.92 Å². The summed E-state index contributed by atoms with van der Waals surface area (Å²) < 4.78 is 26.1. The van der Waals surface area contributed by atoms with Crippen LogP contribution >= 0.6 is 0 Å². The van der Waals surface area contributed by atoms with Gasteiger partial charge < -0.3 is 20.9 Å². The molecule has 2 aromatic rings. The van der Waals surface area contributed by atoms with Crippen molar-refractivity contribution in [2.75, 3.05) is 36.2 Å². The van der Waals surface area contributed by atoms with Crippen molar-refractivity contribution in [1.29, 1.82) is 0 Å². The Morgan fingerprint density at radius 2 is 1.90 bits per heavy atom. The van der Waals surface area contributed by atoms with Crippen molar-refractivity contribution >= 4 is 23.5 Å². The molecule has 1 aromatic heterocycles. The van der Waals surface area contributed by atoms with Crippen LogP contribution in [-0.4, -0.2) is 42.7 Å². The lowest BCUT2D eigenvalue weighted by atomic mass is 9.86. The predicted molar refractivity (Wildman–Crippen MR) is 109 cm³/mol. The Bertz CT molecular complexity index is 839. The maximum Gasteiger partial charge on any atom is 0.319 e. The van der Waals surface area contributed by atoms with Gasteiger partial charge in [0.25, 0.3) is 0 Å². The van der Waals surface area contributed by atoms with Gasteiger partial charge in [0.2, 0.25) is 5.95 Å². The maximum absolute atomic E-state index is 13.2. The van der Waals surface area contributed by atoms with Crippen LogP contribution in [0.3, 0.4) is 0 Å². The molecular formula is C20H26F2N6O. The Morgan fingerprint density at radius 3 is 2.59 bits per heavy atom. The van der Waals surface area contributed by atoms with Crippen LogP contribution in [0.5, 0.6) is 0 Å². The molecule has 1 aliphatic carbocycles. The number of carbonyl (C=O) groups excluding carboxylic acids is 1. The standard InChI is InChI=1S/C20H26F2N6O/c1-28(2)18-9-10-23-19(27-18)25-14-5-3-13(4-6-14)12-24-20(29)26-15-7-8-16(21)17(22)11-15/h7-11,13-14H,3-6,12H2,1-2H3,(H,23,25,27)(H2,24,26,29). The normalized spacial score (nSPS) is 18.8. The van der Waals surface area contributed by atoms with Gasteiger partial charge >= 0.3 is 6.03 Å². The average molecular weight is 404 g/mol. The van der Waals surface area contributed by atoms with Crippen molar-refractivity contribution in [3.63, 3.8) is 0 Å². The fourth-order valence-electron chi connectivity index (χ4n) is 3.35. The van der Waals surface area contributed by atoms with Gasteiger partial charge in [-0.2, -0.15) is 4.98 Å². The second-order valence-corrected chi connectivity index (χ2v) is 7.46. The molecule has 7 nitrogen and oxygen atoms in total. The zero-order valence-electron chi connectivity index (χ0n) is 16.6. The van der Waals surface area contributed by atoms with Crippen molar-refractivity contribution in [2.45, 2.75) is 31.7 Å². The summed E-state index contributed by atoms with van der Waals surface area (Å²) in [6.07, 6.45) is 5.61. The van der Waals surface area contributed by atoms with E-state index in [1.165, 1.54) is 6.07 Å². The summed E-state index contributed by atoms with van der Waals surface area (Å²) in [4.78, 5) is 22.7. The second-order valence-electron chi connectivity index (χ2n) is 7.46. The molecule has 1 heterocycles. The highest BCUT2D eigenvalue weighted by molar-refractivity contribution is 5.89. The summed E-state index contributed by atoms with van der Waals surface area (Å²) in [6.45, 7) is 0.537. The quantitative estimate of drug-likeness (QED) is 0.685. The van der Waals surface area contributed by atoms with Crippen molar-refractivity contribution in [3.8, 4) is 0 Å². The number of hydrogen-bond donors (Lipinski definition) is 3. The Morgan fingerprint density at radius 1 is 1.14 bits per heavy atom. The second kappa shape index (κ2) is 9.49. The maximum atomic E-state index is 13.2. The molecule has 1 saturated carbocycles. The number of hydrogen-bond acceptors (Lipinski definition) is 5. The van der Waals surface area contributed by atoms with Crippen LogP contribution in [0.4, 0.5) is 31.0 Å². The van der Waals surface area contributed by atoms with Crippen LogP contribution in [0.25, 0.3) is 0 Å². The average Bonchev–Trinajstić information content (AvgIpc) is 2.70. The van der Waals surface area contributed by atoms with Gasteiger partial charge in [-0.25, -0.2) is 18.6 Å². The third-order valence-electron chi connectivity index (χ3n) is 5.01. The highest BCUT2D eigenvalue weighted by Gasteiger charge is 2.22. The van der Waals surface area contributed by atoms with E-state index >= 15 is 0 Å². The lowest BCUT2D eigenvalue weighted by Gasteiger charge is -2.29. The Labute approximate surface area is 168 Å². The van der Waals surface area contributed by atoms with Gasteiger partial charge in [-0.1, -0.05) is 0 Å². The van der Waals surface area contributed by atoms with Gasteiger partial charge in [-0.05, 0) is 49.8 Å². The topological polar surface area (TPSA) is 82.2 Å². The van der Waals surface area contributed by atoms with Gasteiger partial charge in [0.15, 0.2) is 11.6 Å². The van der Waals surface area contributed by atoms with Crippen LogP contribution in [-0.2, 0) is 0 Å². The molecule has 3 N–H and O–H groups in total. The van der Waals surface area contributed by atoms with E-state index in [4.69, 9.17) is 0 Å². The van der Waals surface area contributed by atoms with E-state index in [0.717, 1.165) is 43.6 Å². The molecule has 9 heteroatoms. The molecule has 1 aromatic carbocycles. The number of nitrogens with zero attached hydrogens (tertiary/aromatic N) is 3. The molecule has 29 heavy (non-hydrogen) atoms. The Kier molecular flexibility index (Phi) is 6.79. The van der Waals surface area contributed by atoms with E-state index in [9.17, 15) is 13.6 Å². The van der Waals surface area contributed by atoms with Crippen molar-refractivity contribution in [3.05, 3.63) is 42.1 Å². The number of aromatic nitrogens is 2. The minimum Gasteiger partial charge on any atom is -0.363 e. The number of urea groups is 1. The molecule has 2 amide bonds. The van der Waals surface area contributed by atoms with E-state index in [1.807, 2.05) is 25.1 Å². The molecule has 0 unspecified atom stereocenters. The monoisotopic (exact) mass is 404 g/mol. The molecular weight excluding hydrogens is 378 g/mol. The minimum absolute atomic E-state index is 0.217. The van der Waals surface area contributed by atoms with Gasteiger partial charge in [-0.3, -0.25) is 0 Å². The summed E-state index contributed by atoms with van der Waals surface area (Å²) in [5.74, 6) is -0.0808. The number of nitrogens with one attached hydrogen (secondary N) is 3. The molecule has 3 rings (SSSR count). The largest absolute Gasteiger partial charge is 0.363 e.